The molecule has 0 bridgehead atoms. The van der Waals surface area contributed by atoms with Crippen LogP contribution >= 0.6 is 15.9 Å². The van der Waals surface area contributed by atoms with Crippen molar-refractivity contribution >= 4 is 27.5 Å². The van der Waals surface area contributed by atoms with Crippen LogP contribution in [0.1, 0.15) is 13.8 Å². The number of hydrogen-bond donors (Lipinski definition) is 3. The number of rotatable bonds is 4. The van der Waals surface area contributed by atoms with E-state index in [-0.39, 0.29) is 24.1 Å². The number of halogens is 1. The zero-order valence-corrected chi connectivity index (χ0v) is 10.6. The van der Waals surface area contributed by atoms with E-state index in [0.717, 1.165) is 0 Å². The van der Waals surface area contributed by atoms with E-state index in [9.17, 15) is 9.59 Å². The summed E-state index contributed by atoms with van der Waals surface area (Å²) in [5.74, 6) is -0.137. The highest BCUT2D eigenvalue weighted by molar-refractivity contribution is 9.10. The van der Waals surface area contributed by atoms with Crippen LogP contribution in [0.3, 0.4) is 0 Å². The molecule has 0 saturated heterocycles. The first-order valence-corrected chi connectivity index (χ1v) is 5.56. The molecule has 6 nitrogen and oxygen atoms in total. The first-order valence-electron chi connectivity index (χ1n) is 4.77. The minimum Gasteiger partial charge on any atom is -0.374 e. The summed E-state index contributed by atoms with van der Waals surface area (Å²) in [6.07, 6.45) is 1.44. The number of H-pyrrole nitrogens is 1. The number of anilines is 1. The van der Waals surface area contributed by atoms with Gasteiger partial charge in [-0.2, -0.15) is 5.10 Å². The fourth-order valence-electron chi connectivity index (χ4n) is 1.06. The van der Waals surface area contributed by atoms with Crippen molar-refractivity contribution in [3.63, 3.8) is 0 Å². The maximum Gasteiger partial charge on any atom is 0.280 e. The quantitative estimate of drug-likeness (QED) is 0.752. The van der Waals surface area contributed by atoms with Gasteiger partial charge < -0.3 is 10.6 Å². The SMILES string of the molecule is CC(C)NC(=O)CNc1cn[nH]c(=O)c1Br. The van der Waals surface area contributed by atoms with Gasteiger partial charge in [-0.3, -0.25) is 9.59 Å². The Morgan fingerprint density at radius 1 is 1.62 bits per heavy atom. The van der Waals surface area contributed by atoms with Crippen molar-refractivity contribution in [2.24, 2.45) is 0 Å². The third-order valence-corrected chi connectivity index (χ3v) is 2.47. The number of hydrogen-bond acceptors (Lipinski definition) is 4. The average Bonchev–Trinajstić information content (AvgIpc) is 2.19. The Morgan fingerprint density at radius 2 is 2.31 bits per heavy atom. The second-order valence-corrected chi connectivity index (χ2v) is 4.30. The summed E-state index contributed by atoms with van der Waals surface area (Å²) in [4.78, 5) is 22.5. The molecule has 1 amide bonds. The Morgan fingerprint density at radius 3 is 2.94 bits per heavy atom. The number of nitrogens with one attached hydrogen (secondary N) is 3. The monoisotopic (exact) mass is 288 g/mol. The lowest BCUT2D eigenvalue weighted by Crippen LogP contribution is -2.35. The van der Waals surface area contributed by atoms with E-state index in [4.69, 9.17) is 0 Å². The van der Waals surface area contributed by atoms with Crippen molar-refractivity contribution in [3.05, 3.63) is 21.0 Å². The molecule has 88 valence electrons. The van der Waals surface area contributed by atoms with Crippen molar-refractivity contribution < 1.29 is 4.79 Å². The Kier molecular flexibility index (Phi) is 4.48. The molecule has 3 N–H and O–H groups in total. The van der Waals surface area contributed by atoms with Gasteiger partial charge in [0.15, 0.2) is 0 Å². The number of carbonyl (C=O) groups excluding carboxylic acids is 1. The third-order valence-electron chi connectivity index (χ3n) is 1.68. The minimum atomic E-state index is -0.339. The lowest BCUT2D eigenvalue weighted by Gasteiger charge is -2.10. The highest BCUT2D eigenvalue weighted by Gasteiger charge is 2.07. The molecule has 0 fully saturated rings. The van der Waals surface area contributed by atoms with Gasteiger partial charge in [0.05, 0.1) is 18.4 Å². The first kappa shape index (κ1) is 12.7. The Bertz CT molecular complexity index is 430. The highest BCUT2D eigenvalue weighted by Crippen LogP contribution is 2.14. The van der Waals surface area contributed by atoms with Crippen LogP contribution in [0.2, 0.25) is 0 Å². The van der Waals surface area contributed by atoms with Crippen LogP contribution in [0.25, 0.3) is 0 Å². The summed E-state index contributed by atoms with van der Waals surface area (Å²) in [5.41, 5.74) is 0.150. The van der Waals surface area contributed by atoms with Gasteiger partial charge >= 0.3 is 0 Å². The Hall–Kier alpha value is -1.37. The predicted octanol–water partition coefficient (Wildman–Crippen LogP) is 0.469. The molecule has 1 heterocycles. The van der Waals surface area contributed by atoms with Gasteiger partial charge in [-0.25, -0.2) is 5.10 Å². The fourth-order valence-corrected chi connectivity index (χ4v) is 1.39. The average molecular weight is 289 g/mol. The Balaban J connectivity index is 2.58. The van der Waals surface area contributed by atoms with Gasteiger partial charge in [0.1, 0.15) is 4.47 Å². The maximum absolute atomic E-state index is 11.3. The summed E-state index contributed by atoms with van der Waals surface area (Å²) in [7, 11) is 0. The largest absolute Gasteiger partial charge is 0.374 e. The Labute approximate surface area is 101 Å². The summed E-state index contributed by atoms with van der Waals surface area (Å²) in [6.45, 7) is 3.85. The molecular formula is C9H13BrN4O2. The molecule has 0 aromatic carbocycles. The zero-order valence-electron chi connectivity index (χ0n) is 9.00. The molecule has 0 atom stereocenters. The first-order chi connectivity index (χ1) is 7.50. The number of carbonyl (C=O) groups is 1. The highest BCUT2D eigenvalue weighted by atomic mass is 79.9. The van der Waals surface area contributed by atoms with Crippen molar-refractivity contribution in [1.82, 2.24) is 15.5 Å². The minimum absolute atomic E-state index is 0.0926. The number of aromatic amines is 1. The molecule has 0 unspecified atom stereocenters. The third kappa shape index (κ3) is 3.65. The van der Waals surface area contributed by atoms with Crippen LogP contribution in [0.4, 0.5) is 5.69 Å². The second kappa shape index (κ2) is 5.64. The van der Waals surface area contributed by atoms with Crippen molar-refractivity contribution in [3.8, 4) is 0 Å². The normalized spacial score (nSPS) is 10.2. The van der Waals surface area contributed by atoms with Crippen LogP contribution in [0.5, 0.6) is 0 Å². The molecule has 0 saturated carbocycles. The zero-order chi connectivity index (χ0) is 12.1. The predicted molar refractivity (Wildman–Crippen MR) is 64.3 cm³/mol. The van der Waals surface area contributed by atoms with Crippen LogP contribution < -0.4 is 16.2 Å². The van der Waals surface area contributed by atoms with Crippen molar-refractivity contribution in [2.75, 3.05) is 11.9 Å². The van der Waals surface area contributed by atoms with Crippen LogP contribution in [0, 0.1) is 0 Å². The van der Waals surface area contributed by atoms with Gasteiger partial charge in [0, 0.05) is 6.04 Å². The molecule has 1 rings (SSSR count). The lowest BCUT2D eigenvalue weighted by atomic mass is 10.4. The molecule has 7 heteroatoms. The summed E-state index contributed by atoms with van der Waals surface area (Å²) in [6, 6.07) is 0.0926. The second-order valence-electron chi connectivity index (χ2n) is 3.50. The van der Waals surface area contributed by atoms with Crippen LogP contribution in [-0.4, -0.2) is 28.7 Å². The molecule has 0 aliphatic rings. The van der Waals surface area contributed by atoms with Gasteiger partial charge in [-0.05, 0) is 29.8 Å². The van der Waals surface area contributed by atoms with Gasteiger partial charge in [-0.1, -0.05) is 0 Å². The molecule has 1 aromatic heterocycles. The van der Waals surface area contributed by atoms with E-state index in [0.29, 0.717) is 10.2 Å². The van der Waals surface area contributed by atoms with Crippen molar-refractivity contribution in [1.29, 1.82) is 0 Å². The smallest absolute Gasteiger partial charge is 0.280 e. The summed E-state index contributed by atoms with van der Waals surface area (Å²) < 4.78 is 0.333. The van der Waals surface area contributed by atoms with Gasteiger partial charge in [0.2, 0.25) is 5.91 Å². The van der Waals surface area contributed by atoms with Gasteiger partial charge in [0.25, 0.3) is 5.56 Å². The fraction of sp³-hybridized carbons (Fsp3) is 0.444. The van der Waals surface area contributed by atoms with E-state index in [1.165, 1.54) is 6.20 Å². The number of amides is 1. The molecule has 16 heavy (non-hydrogen) atoms. The molecule has 0 radical (unpaired) electrons. The topological polar surface area (TPSA) is 86.9 Å². The standard InChI is InChI=1S/C9H13BrN4O2/c1-5(2)13-7(15)4-11-6-3-12-14-9(16)8(6)10/h3,5H,4H2,1-2H3,(H,13,15)(H2,11,14,16). The molecule has 0 aliphatic heterocycles. The number of aromatic nitrogens is 2. The molecule has 0 aliphatic carbocycles. The lowest BCUT2D eigenvalue weighted by molar-refractivity contribution is -0.119. The van der Waals surface area contributed by atoms with Gasteiger partial charge in [-0.15, -0.1) is 0 Å². The molecular weight excluding hydrogens is 276 g/mol. The van der Waals surface area contributed by atoms with Crippen LogP contribution in [-0.2, 0) is 4.79 Å². The molecule has 1 aromatic rings. The van der Waals surface area contributed by atoms with Crippen LogP contribution in [0.15, 0.2) is 15.5 Å². The van der Waals surface area contributed by atoms with Crippen molar-refractivity contribution in [2.45, 2.75) is 19.9 Å². The maximum atomic E-state index is 11.3. The number of nitrogens with zero attached hydrogens (tertiary/aromatic N) is 1. The van der Waals surface area contributed by atoms with E-state index in [1.807, 2.05) is 13.8 Å². The van der Waals surface area contributed by atoms with E-state index in [1.54, 1.807) is 0 Å². The van der Waals surface area contributed by atoms with E-state index < -0.39 is 0 Å². The summed E-state index contributed by atoms with van der Waals surface area (Å²) >= 11 is 3.10. The van der Waals surface area contributed by atoms with E-state index in [2.05, 4.69) is 36.8 Å². The van der Waals surface area contributed by atoms with E-state index >= 15 is 0 Å². The summed E-state index contributed by atoms with van der Waals surface area (Å²) in [5, 5.41) is 11.4. The molecule has 0 spiro atoms.